The first kappa shape index (κ1) is 15.4. The summed E-state index contributed by atoms with van der Waals surface area (Å²) in [6, 6.07) is 0. The van der Waals surface area contributed by atoms with Crippen molar-refractivity contribution in [3.05, 3.63) is 0 Å². The molecule has 1 atom stereocenters. The van der Waals surface area contributed by atoms with Crippen molar-refractivity contribution >= 4 is 5.91 Å². The molecule has 0 saturated heterocycles. The summed E-state index contributed by atoms with van der Waals surface area (Å²) in [5.41, 5.74) is 5.51. The van der Waals surface area contributed by atoms with E-state index in [2.05, 4.69) is 12.2 Å². The van der Waals surface area contributed by atoms with E-state index >= 15 is 0 Å². The molecule has 0 bridgehead atoms. The Kier molecular flexibility index (Phi) is 6.09. The van der Waals surface area contributed by atoms with Crippen LogP contribution in [0.5, 0.6) is 0 Å². The van der Waals surface area contributed by atoms with Gasteiger partial charge in [-0.1, -0.05) is 13.8 Å². The molecule has 1 amide bonds. The molecule has 4 N–H and O–H groups in total. The van der Waals surface area contributed by atoms with E-state index in [9.17, 15) is 4.79 Å². The molecule has 0 aliphatic heterocycles. The molecule has 0 radical (unpaired) electrons. The molecule has 4 heteroatoms. The number of carbonyl (C=O) groups is 1. The number of aliphatic hydroxyl groups is 1. The number of nitrogens with two attached hydrogens (primary N) is 1. The normalized spacial score (nSPS) is 29.9. The van der Waals surface area contributed by atoms with Gasteiger partial charge in [-0.3, -0.25) is 4.79 Å². The van der Waals surface area contributed by atoms with Gasteiger partial charge in [-0.2, -0.15) is 0 Å². The second-order valence-corrected chi connectivity index (χ2v) is 5.99. The van der Waals surface area contributed by atoms with Crippen molar-refractivity contribution in [3.63, 3.8) is 0 Å². The predicted octanol–water partition coefficient (Wildman–Crippen LogP) is 1.28. The standard InChI is InChI=1S/C14H28N2O2/c1-11-3-6-14(10-15,7-4-11)13(18)16-9-12(2)5-8-17/h11-12,17H,3-10,15H2,1-2H3,(H,16,18). The first-order chi connectivity index (χ1) is 8.54. The van der Waals surface area contributed by atoms with Crippen molar-refractivity contribution in [1.29, 1.82) is 0 Å². The van der Waals surface area contributed by atoms with Crippen LogP contribution in [0.4, 0.5) is 0 Å². The molecule has 1 aliphatic rings. The third-order valence-corrected chi connectivity index (χ3v) is 4.34. The maximum atomic E-state index is 12.3. The smallest absolute Gasteiger partial charge is 0.227 e. The Balaban J connectivity index is 2.47. The van der Waals surface area contributed by atoms with Crippen LogP contribution >= 0.6 is 0 Å². The fourth-order valence-electron chi connectivity index (χ4n) is 2.62. The number of carbonyl (C=O) groups excluding carboxylic acids is 1. The fraction of sp³-hybridized carbons (Fsp3) is 0.929. The summed E-state index contributed by atoms with van der Waals surface area (Å²) in [4.78, 5) is 12.3. The van der Waals surface area contributed by atoms with E-state index in [0.717, 1.165) is 32.1 Å². The number of rotatable bonds is 6. The van der Waals surface area contributed by atoms with Crippen LogP contribution in [0, 0.1) is 17.3 Å². The van der Waals surface area contributed by atoms with E-state index in [1.54, 1.807) is 0 Å². The minimum absolute atomic E-state index is 0.113. The van der Waals surface area contributed by atoms with Crippen LogP contribution in [-0.4, -0.2) is 30.7 Å². The van der Waals surface area contributed by atoms with Gasteiger partial charge in [0.05, 0.1) is 5.41 Å². The van der Waals surface area contributed by atoms with Crippen LogP contribution in [0.2, 0.25) is 0 Å². The Labute approximate surface area is 110 Å². The maximum absolute atomic E-state index is 12.3. The fourth-order valence-corrected chi connectivity index (χ4v) is 2.62. The van der Waals surface area contributed by atoms with Gasteiger partial charge in [-0.25, -0.2) is 0 Å². The summed E-state index contributed by atoms with van der Waals surface area (Å²) in [6.07, 6.45) is 4.73. The lowest BCUT2D eigenvalue weighted by Gasteiger charge is -2.37. The molecule has 0 aromatic rings. The third kappa shape index (κ3) is 3.95. The molecule has 1 unspecified atom stereocenters. The Morgan fingerprint density at radius 1 is 1.50 bits per heavy atom. The van der Waals surface area contributed by atoms with Crippen LogP contribution in [0.25, 0.3) is 0 Å². The second-order valence-electron chi connectivity index (χ2n) is 5.99. The molecule has 1 saturated carbocycles. The molecular formula is C14H28N2O2. The Hall–Kier alpha value is -0.610. The number of aliphatic hydroxyl groups excluding tert-OH is 1. The molecule has 0 aromatic heterocycles. The van der Waals surface area contributed by atoms with Gasteiger partial charge >= 0.3 is 0 Å². The molecule has 0 spiro atoms. The summed E-state index contributed by atoms with van der Waals surface area (Å²) in [7, 11) is 0. The summed E-state index contributed by atoms with van der Waals surface area (Å²) in [5, 5.41) is 11.9. The number of hydrogen-bond acceptors (Lipinski definition) is 3. The predicted molar refractivity (Wildman–Crippen MR) is 73.0 cm³/mol. The van der Waals surface area contributed by atoms with E-state index in [1.807, 2.05) is 6.92 Å². The number of hydrogen-bond donors (Lipinski definition) is 3. The molecule has 106 valence electrons. The van der Waals surface area contributed by atoms with Gasteiger partial charge in [0.1, 0.15) is 0 Å². The third-order valence-electron chi connectivity index (χ3n) is 4.34. The van der Waals surface area contributed by atoms with Crippen molar-refractivity contribution in [2.45, 2.75) is 46.0 Å². The van der Waals surface area contributed by atoms with E-state index in [1.165, 1.54) is 0 Å². The van der Waals surface area contributed by atoms with Gasteiger partial charge in [0, 0.05) is 19.7 Å². The highest BCUT2D eigenvalue weighted by Crippen LogP contribution is 2.38. The van der Waals surface area contributed by atoms with E-state index in [0.29, 0.717) is 24.9 Å². The van der Waals surface area contributed by atoms with Crippen LogP contribution in [0.3, 0.4) is 0 Å². The average Bonchev–Trinajstić information content (AvgIpc) is 2.38. The van der Waals surface area contributed by atoms with Gasteiger partial charge in [-0.05, 0) is 43.9 Å². The molecule has 1 rings (SSSR count). The lowest BCUT2D eigenvalue weighted by atomic mass is 9.70. The second kappa shape index (κ2) is 7.10. The molecule has 4 nitrogen and oxygen atoms in total. The average molecular weight is 256 g/mol. The molecule has 18 heavy (non-hydrogen) atoms. The first-order valence-corrected chi connectivity index (χ1v) is 7.13. The highest BCUT2D eigenvalue weighted by atomic mass is 16.3. The summed E-state index contributed by atoms with van der Waals surface area (Å²) in [6.45, 7) is 5.53. The highest BCUT2D eigenvalue weighted by Gasteiger charge is 2.39. The number of amides is 1. The molecule has 0 heterocycles. The molecule has 0 aromatic carbocycles. The van der Waals surface area contributed by atoms with Crippen LogP contribution in [0.1, 0.15) is 46.0 Å². The Bertz CT molecular complexity index is 261. The summed E-state index contributed by atoms with van der Waals surface area (Å²) in [5.74, 6) is 1.14. The minimum Gasteiger partial charge on any atom is -0.396 e. The van der Waals surface area contributed by atoms with E-state index in [4.69, 9.17) is 10.8 Å². The minimum atomic E-state index is -0.342. The monoisotopic (exact) mass is 256 g/mol. The first-order valence-electron chi connectivity index (χ1n) is 7.13. The summed E-state index contributed by atoms with van der Waals surface area (Å²) >= 11 is 0. The topological polar surface area (TPSA) is 75.4 Å². The van der Waals surface area contributed by atoms with E-state index < -0.39 is 0 Å². The van der Waals surface area contributed by atoms with Crippen LogP contribution < -0.4 is 11.1 Å². The van der Waals surface area contributed by atoms with Gasteiger partial charge < -0.3 is 16.2 Å². The van der Waals surface area contributed by atoms with Gasteiger partial charge in [0.2, 0.25) is 5.91 Å². The Morgan fingerprint density at radius 3 is 2.61 bits per heavy atom. The van der Waals surface area contributed by atoms with Crippen molar-refractivity contribution in [3.8, 4) is 0 Å². The zero-order valence-corrected chi connectivity index (χ0v) is 11.7. The van der Waals surface area contributed by atoms with Gasteiger partial charge in [0.25, 0.3) is 0 Å². The lowest BCUT2D eigenvalue weighted by Crippen LogP contribution is -2.48. The zero-order chi connectivity index (χ0) is 13.6. The maximum Gasteiger partial charge on any atom is 0.227 e. The quantitative estimate of drug-likeness (QED) is 0.670. The summed E-state index contributed by atoms with van der Waals surface area (Å²) < 4.78 is 0. The largest absolute Gasteiger partial charge is 0.396 e. The van der Waals surface area contributed by atoms with Gasteiger partial charge in [0.15, 0.2) is 0 Å². The Morgan fingerprint density at radius 2 is 2.11 bits per heavy atom. The zero-order valence-electron chi connectivity index (χ0n) is 11.7. The van der Waals surface area contributed by atoms with Crippen LogP contribution in [-0.2, 0) is 4.79 Å². The molecule has 1 fully saturated rings. The van der Waals surface area contributed by atoms with Crippen molar-refractivity contribution in [2.75, 3.05) is 19.7 Å². The van der Waals surface area contributed by atoms with Crippen molar-refractivity contribution in [2.24, 2.45) is 23.0 Å². The highest BCUT2D eigenvalue weighted by molar-refractivity contribution is 5.83. The lowest BCUT2D eigenvalue weighted by molar-refractivity contribution is -0.133. The van der Waals surface area contributed by atoms with Gasteiger partial charge in [-0.15, -0.1) is 0 Å². The SMILES string of the molecule is CC1CCC(CN)(C(=O)NCC(C)CCO)CC1. The molecule has 1 aliphatic carbocycles. The van der Waals surface area contributed by atoms with Crippen LogP contribution in [0.15, 0.2) is 0 Å². The molecular weight excluding hydrogens is 228 g/mol. The van der Waals surface area contributed by atoms with Crippen molar-refractivity contribution in [1.82, 2.24) is 5.32 Å². The van der Waals surface area contributed by atoms with E-state index in [-0.39, 0.29) is 17.9 Å². The number of nitrogens with one attached hydrogen (secondary N) is 1. The van der Waals surface area contributed by atoms with Crippen molar-refractivity contribution < 1.29 is 9.90 Å².